The Balaban J connectivity index is 2.91. The zero-order valence-electron chi connectivity index (χ0n) is 12.7. The molecule has 0 aliphatic carbocycles. The Bertz CT molecular complexity index is 369. The molecule has 1 atom stereocenters. The van der Waals surface area contributed by atoms with Gasteiger partial charge in [0.1, 0.15) is 12.0 Å². The molecule has 0 aliphatic heterocycles. The van der Waals surface area contributed by atoms with Crippen molar-refractivity contribution in [3.05, 3.63) is 29.3 Å². The van der Waals surface area contributed by atoms with Crippen LogP contribution in [0.2, 0.25) is 0 Å². The van der Waals surface area contributed by atoms with Gasteiger partial charge in [-0.3, -0.25) is 4.90 Å². The zero-order valence-corrected chi connectivity index (χ0v) is 12.7. The second-order valence-electron chi connectivity index (χ2n) is 5.13. The third-order valence-electron chi connectivity index (χ3n) is 3.42. The number of hydrogen-bond acceptors (Lipinski definition) is 2. The van der Waals surface area contributed by atoms with Crippen molar-refractivity contribution in [1.82, 2.24) is 4.90 Å². The Morgan fingerprint density at radius 3 is 2.22 bits per heavy atom. The minimum Gasteiger partial charge on any atom is -0.475 e. The summed E-state index contributed by atoms with van der Waals surface area (Å²) in [5.74, 6) is 1.52. The van der Waals surface area contributed by atoms with E-state index in [9.17, 15) is 0 Å². The highest BCUT2D eigenvalue weighted by Gasteiger charge is 2.15. The molecular weight excluding hydrogens is 222 g/mol. The zero-order chi connectivity index (χ0) is 13.7. The molecule has 1 aromatic rings. The van der Waals surface area contributed by atoms with E-state index in [2.05, 4.69) is 64.6 Å². The third-order valence-corrected chi connectivity index (χ3v) is 3.42. The molecule has 2 heteroatoms. The fourth-order valence-electron chi connectivity index (χ4n) is 2.22. The van der Waals surface area contributed by atoms with E-state index < -0.39 is 0 Å². The highest BCUT2D eigenvalue weighted by molar-refractivity contribution is 5.39. The molecule has 0 amide bonds. The normalized spacial score (nSPS) is 13.1. The van der Waals surface area contributed by atoms with Crippen LogP contribution in [-0.2, 0) is 0 Å². The summed E-state index contributed by atoms with van der Waals surface area (Å²) >= 11 is 0. The molecule has 1 unspecified atom stereocenters. The van der Waals surface area contributed by atoms with Crippen LogP contribution in [0.25, 0.3) is 0 Å². The predicted octanol–water partition coefficient (Wildman–Crippen LogP) is 4.19. The third kappa shape index (κ3) is 3.74. The smallest absolute Gasteiger partial charge is 0.149 e. The van der Waals surface area contributed by atoms with E-state index in [1.807, 2.05) is 0 Å². The highest BCUT2D eigenvalue weighted by atomic mass is 16.5. The van der Waals surface area contributed by atoms with Gasteiger partial charge in [-0.1, -0.05) is 39.8 Å². The Morgan fingerprint density at radius 1 is 1.11 bits per heavy atom. The van der Waals surface area contributed by atoms with Gasteiger partial charge in [0.2, 0.25) is 0 Å². The summed E-state index contributed by atoms with van der Waals surface area (Å²) < 4.78 is 6.16. The van der Waals surface area contributed by atoms with Gasteiger partial charge in [0.25, 0.3) is 0 Å². The molecule has 18 heavy (non-hydrogen) atoms. The first kappa shape index (κ1) is 15.0. The first-order chi connectivity index (χ1) is 8.49. The van der Waals surface area contributed by atoms with E-state index in [0.29, 0.717) is 5.92 Å². The van der Waals surface area contributed by atoms with Gasteiger partial charge in [-0.25, -0.2) is 0 Å². The molecule has 2 nitrogen and oxygen atoms in total. The molecular formula is C16H27NO. The van der Waals surface area contributed by atoms with Crippen LogP contribution in [-0.4, -0.2) is 24.2 Å². The summed E-state index contributed by atoms with van der Waals surface area (Å²) in [4.78, 5) is 2.31. The Hall–Kier alpha value is -1.02. The standard InChI is InChI=1S/C16H27NO/c1-7-17(8-2)14(6)18-16-11-13(5)9-10-15(16)12(3)4/h9-12,14H,7-8H2,1-6H3. The van der Waals surface area contributed by atoms with Crippen LogP contribution in [0.3, 0.4) is 0 Å². The van der Waals surface area contributed by atoms with Crippen molar-refractivity contribution >= 4 is 0 Å². The molecule has 0 spiro atoms. The van der Waals surface area contributed by atoms with Crippen molar-refractivity contribution in [1.29, 1.82) is 0 Å². The first-order valence-corrected chi connectivity index (χ1v) is 7.00. The predicted molar refractivity (Wildman–Crippen MR) is 78.3 cm³/mol. The van der Waals surface area contributed by atoms with Gasteiger partial charge >= 0.3 is 0 Å². The average Bonchev–Trinajstić information content (AvgIpc) is 2.30. The van der Waals surface area contributed by atoms with E-state index in [4.69, 9.17) is 4.74 Å². The van der Waals surface area contributed by atoms with Crippen LogP contribution < -0.4 is 4.74 Å². The van der Waals surface area contributed by atoms with Crippen molar-refractivity contribution < 1.29 is 4.74 Å². The lowest BCUT2D eigenvalue weighted by Gasteiger charge is -2.28. The van der Waals surface area contributed by atoms with Crippen LogP contribution in [0.4, 0.5) is 0 Å². The van der Waals surface area contributed by atoms with E-state index >= 15 is 0 Å². The molecule has 0 heterocycles. The van der Waals surface area contributed by atoms with Crippen molar-refractivity contribution in [2.75, 3.05) is 13.1 Å². The summed E-state index contributed by atoms with van der Waals surface area (Å²) in [6.07, 6.45) is 0.124. The minimum absolute atomic E-state index is 0.124. The Kier molecular flexibility index (Phi) is 5.67. The van der Waals surface area contributed by atoms with Crippen molar-refractivity contribution in [2.45, 2.75) is 53.7 Å². The number of rotatable bonds is 6. The monoisotopic (exact) mass is 249 g/mol. The summed E-state index contributed by atoms with van der Waals surface area (Å²) in [7, 11) is 0. The average molecular weight is 249 g/mol. The summed E-state index contributed by atoms with van der Waals surface area (Å²) in [6.45, 7) is 15.0. The van der Waals surface area contributed by atoms with Gasteiger partial charge in [-0.05, 0) is 50.0 Å². The molecule has 0 aliphatic rings. The molecule has 0 aromatic heterocycles. The summed E-state index contributed by atoms with van der Waals surface area (Å²) in [5, 5.41) is 0. The highest BCUT2D eigenvalue weighted by Crippen LogP contribution is 2.28. The van der Waals surface area contributed by atoms with Crippen molar-refractivity contribution in [2.24, 2.45) is 0 Å². The molecule has 0 N–H and O–H groups in total. The molecule has 0 bridgehead atoms. The molecule has 0 fully saturated rings. The van der Waals surface area contributed by atoms with Crippen LogP contribution in [0.1, 0.15) is 51.7 Å². The maximum atomic E-state index is 6.16. The fourth-order valence-corrected chi connectivity index (χ4v) is 2.22. The molecule has 102 valence electrons. The van der Waals surface area contributed by atoms with Gasteiger partial charge in [0, 0.05) is 0 Å². The van der Waals surface area contributed by atoms with Crippen molar-refractivity contribution in [3.8, 4) is 5.75 Å². The number of ether oxygens (including phenoxy) is 1. The minimum atomic E-state index is 0.124. The molecule has 0 saturated carbocycles. The van der Waals surface area contributed by atoms with E-state index in [1.54, 1.807) is 0 Å². The Morgan fingerprint density at radius 2 is 1.72 bits per heavy atom. The number of nitrogens with zero attached hydrogens (tertiary/aromatic N) is 1. The van der Waals surface area contributed by atoms with Crippen LogP contribution in [0.5, 0.6) is 5.75 Å². The summed E-state index contributed by atoms with van der Waals surface area (Å²) in [5.41, 5.74) is 2.54. The van der Waals surface area contributed by atoms with Crippen molar-refractivity contribution in [3.63, 3.8) is 0 Å². The maximum Gasteiger partial charge on any atom is 0.149 e. The van der Waals surface area contributed by atoms with Gasteiger partial charge in [-0.2, -0.15) is 0 Å². The molecule has 1 aromatic carbocycles. The fraction of sp³-hybridized carbons (Fsp3) is 0.625. The molecule has 0 saturated heterocycles. The van der Waals surface area contributed by atoms with Crippen LogP contribution >= 0.6 is 0 Å². The molecule has 1 rings (SSSR count). The van der Waals surface area contributed by atoms with E-state index in [0.717, 1.165) is 18.8 Å². The van der Waals surface area contributed by atoms with E-state index in [-0.39, 0.29) is 6.23 Å². The maximum absolute atomic E-state index is 6.16. The second-order valence-corrected chi connectivity index (χ2v) is 5.13. The Labute approximate surface area is 112 Å². The van der Waals surface area contributed by atoms with Gasteiger partial charge < -0.3 is 4.74 Å². The largest absolute Gasteiger partial charge is 0.475 e. The summed E-state index contributed by atoms with van der Waals surface area (Å²) in [6, 6.07) is 6.49. The second kappa shape index (κ2) is 6.79. The number of aryl methyl sites for hydroxylation is 1. The first-order valence-electron chi connectivity index (χ1n) is 7.00. The SMILES string of the molecule is CCN(CC)C(C)Oc1cc(C)ccc1C(C)C. The van der Waals surface area contributed by atoms with E-state index in [1.165, 1.54) is 11.1 Å². The lowest BCUT2D eigenvalue weighted by molar-refractivity contribution is 0.0470. The van der Waals surface area contributed by atoms with Gasteiger partial charge in [0.05, 0.1) is 0 Å². The van der Waals surface area contributed by atoms with Crippen LogP contribution in [0.15, 0.2) is 18.2 Å². The van der Waals surface area contributed by atoms with Crippen LogP contribution in [0, 0.1) is 6.92 Å². The number of hydrogen-bond donors (Lipinski definition) is 0. The molecule has 0 radical (unpaired) electrons. The lowest BCUT2D eigenvalue weighted by atomic mass is 10.0. The number of benzene rings is 1. The van der Waals surface area contributed by atoms with Gasteiger partial charge in [-0.15, -0.1) is 0 Å². The lowest BCUT2D eigenvalue weighted by Crippen LogP contribution is -2.37. The van der Waals surface area contributed by atoms with Gasteiger partial charge in [0.15, 0.2) is 0 Å². The quantitative estimate of drug-likeness (QED) is 0.701. The topological polar surface area (TPSA) is 12.5 Å².